The number of hydrogen-bond acceptors (Lipinski definition) is 4. The minimum absolute atomic E-state index is 0.117. The highest BCUT2D eigenvalue weighted by Gasteiger charge is 2.19. The van der Waals surface area contributed by atoms with E-state index in [0.29, 0.717) is 6.42 Å². The van der Waals surface area contributed by atoms with Gasteiger partial charge >= 0.3 is 0 Å². The molecule has 0 aliphatic carbocycles. The van der Waals surface area contributed by atoms with Crippen molar-refractivity contribution in [2.75, 3.05) is 42.9 Å². The van der Waals surface area contributed by atoms with Gasteiger partial charge in [-0.3, -0.25) is 9.69 Å². The molecular formula is C24H27N3OS. The SMILES string of the molecule is O=C1Cc2cc(CCCCN3CCN(c4cccc5sccc45)CC3)ccc2N1. The number of amides is 1. The van der Waals surface area contributed by atoms with Crippen LogP contribution in [0.1, 0.15) is 24.0 Å². The van der Waals surface area contributed by atoms with Crippen molar-refractivity contribution in [3.05, 3.63) is 59.0 Å². The van der Waals surface area contributed by atoms with Crippen molar-refractivity contribution < 1.29 is 4.79 Å². The molecule has 0 radical (unpaired) electrons. The highest BCUT2D eigenvalue weighted by Crippen LogP contribution is 2.31. The number of nitrogens with zero attached hydrogens (tertiary/aromatic N) is 2. The summed E-state index contributed by atoms with van der Waals surface area (Å²) in [5.74, 6) is 0.117. The van der Waals surface area contributed by atoms with Gasteiger partial charge in [0, 0.05) is 47.6 Å². The maximum atomic E-state index is 11.5. The second-order valence-corrected chi connectivity index (χ2v) is 9.06. The molecule has 1 fully saturated rings. The summed E-state index contributed by atoms with van der Waals surface area (Å²) in [4.78, 5) is 16.6. The average molecular weight is 406 g/mol. The number of piperazine rings is 1. The highest BCUT2D eigenvalue weighted by atomic mass is 32.1. The Morgan fingerprint density at radius 2 is 1.90 bits per heavy atom. The largest absolute Gasteiger partial charge is 0.368 e. The molecule has 3 aromatic rings. The molecule has 2 aliphatic rings. The molecule has 150 valence electrons. The van der Waals surface area contributed by atoms with Gasteiger partial charge in [0.25, 0.3) is 0 Å². The molecule has 4 nitrogen and oxygen atoms in total. The third kappa shape index (κ3) is 4.02. The number of benzene rings is 2. The lowest BCUT2D eigenvalue weighted by Crippen LogP contribution is -2.46. The summed E-state index contributed by atoms with van der Waals surface area (Å²) in [7, 11) is 0. The molecule has 0 spiro atoms. The summed E-state index contributed by atoms with van der Waals surface area (Å²) < 4.78 is 1.39. The molecule has 0 atom stereocenters. The van der Waals surface area contributed by atoms with Crippen LogP contribution in [0.15, 0.2) is 47.8 Å². The van der Waals surface area contributed by atoms with Crippen molar-refractivity contribution in [1.82, 2.24) is 4.90 Å². The summed E-state index contributed by atoms with van der Waals surface area (Å²) in [5.41, 5.74) is 4.90. The van der Waals surface area contributed by atoms with Crippen molar-refractivity contribution in [2.45, 2.75) is 25.7 Å². The molecule has 3 heterocycles. The maximum Gasteiger partial charge on any atom is 0.228 e. The van der Waals surface area contributed by atoms with Crippen molar-refractivity contribution in [1.29, 1.82) is 0 Å². The lowest BCUT2D eigenvalue weighted by atomic mass is 10.0. The summed E-state index contributed by atoms with van der Waals surface area (Å²) >= 11 is 1.83. The first-order valence-corrected chi connectivity index (χ1v) is 11.5. The molecule has 0 bridgehead atoms. The van der Waals surface area contributed by atoms with Gasteiger partial charge < -0.3 is 10.2 Å². The number of nitrogens with one attached hydrogen (secondary N) is 1. The molecule has 5 rings (SSSR count). The average Bonchev–Trinajstić information content (AvgIpc) is 3.36. The van der Waals surface area contributed by atoms with Crippen LogP contribution in [0.3, 0.4) is 0 Å². The van der Waals surface area contributed by atoms with Gasteiger partial charge in [-0.25, -0.2) is 0 Å². The maximum absolute atomic E-state index is 11.5. The number of anilines is 2. The van der Waals surface area contributed by atoms with Gasteiger partial charge in [-0.1, -0.05) is 18.2 Å². The fourth-order valence-electron chi connectivity index (χ4n) is 4.57. The van der Waals surface area contributed by atoms with E-state index in [-0.39, 0.29) is 5.91 Å². The Labute approximate surface area is 176 Å². The fourth-order valence-corrected chi connectivity index (χ4v) is 5.38. The Hall–Kier alpha value is -2.37. The number of carbonyl (C=O) groups is 1. The molecule has 1 saturated heterocycles. The van der Waals surface area contributed by atoms with Crippen LogP contribution in [0.2, 0.25) is 0 Å². The number of rotatable bonds is 6. The number of aryl methyl sites for hydroxylation is 1. The third-order valence-corrected chi connectivity index (χ3v) is 7.05. The number of unbranched alkanes of at least 4 members (excludes halogenated alkanes) is 1. The zero-order valence-electron chi connectivity index (χ0n) is 16.7. The Bertz CT molecular complexity index is 1020. The normalized spacial score (nSPS) is 17.0. The van der Waals surface area contributed by atoms with Crippen LogP contribution in [0.5, 0.6) is 0 Å². The Kier molecular flexibility index (Phi) is 5.25. The standard InChI is InChI=1S/C24H27N3OS/c28-24-17-19-16-18(7-8-21(19)25-24)4-1-2-10-26-11-13-27(14-12-26)22-5-3-6-23-20(22)9-15-29-23/h3,5-9,15-16H,1-2,4,10-14,17H2,(H,25,28). The van der Waals surface area contributed by atoms with Crippen LogP contribution < -0.4 is 10.2 Å². The summed E-state index contributed by atoms with van der Waals surface area (Å²) in [5, 5.41) is 6.50. The fraction of sp³-hybridized carbons (Fsp3) is 0.375. The molecule has 2 aliphatic heterocycles. The predicted octanol–water partition coefficient (Wildman–Crippen LogP) is 4.54. The van der Waals surface area contributed by atoms with Gasteiger partial charge in [0.1, 0.15) is 0 Å². The van der Waals surface area contributed by atoms with Crippen LogP contribution in [0.4, 0.5) is 11.4 Å². The summed E-state index contributed by atoms with van der Waals surface area (Å²) in [6.07, 6.45) is 4.07. The van der Waals surface area contributed by atoms with E-state index in [4.69, 9.17) is 0 Å². The number of fused-ring (bicyclic) bond motifs is 2. The third-order valence-electron chi connectivity index (χ3n) is 6.17. The van der Waals surface area contributed by atoms with Gasteiger partial charge in [-0.15, -0.1) is 11.3 Å². The molecule has 2 aromatic carbocycles. The lowest BCUT2D eigenvalue weighted by Gasteiger charge is -2.36. The monoisotopic (exact) mass is 405 g/mol. The minimum Gasteiger partial charge on any atom is -0.368 e. The van der Waals surface area contributed by atoms with Crippen molar-refractivity contribution in [2.24, 2.45) is 0 Å². The first kappa shape index (κ1) is 18.6. The van der Waals surface area contributed by atoms with Gasteiger partial charge in [-0.2, -0.15) is 0 Å². The Balaban J connectivity index is 1.08. The highest BCUT2D eigenvalue weighted by molar-refractivity contribution is 7.17. The van der Waals surface area contributed by atoms with Crippen LogP contribution in [-0.2, 0) is 17.6 Å². The van der Waals surface area contributed by atoms with E-state index in [2.05, 4.69) is 63.0 Å². The summed E-state index contributed by atoms with van der Waals surface area (Å²) in [6, 6.07) is 15.4. The van der Waals surface area contributed by atoms with Crippen LogP contribution in [0.25, 0.3) is 10.1 Å². The van der Waals surface area contributed by atoms with Gasteiger partial charge in [0.2, 0.25) is 5.91 Å². The van der Waals surface area contributed by atoms with E-state index in [0.717, 1.165) is 43.9 Å². The van der Waals surface area contributed by atoms with Crippen LogP contribution >= 0.6 is 11.3 Å². The molecule has 1 N–H and O–H groups in total. The van der Waals surface area contributed by atoms with E-state index < -0.39 is 0 Å². The second-order valence-electron chi connectivity index (χ2n) is 8.11. The van der Waals surface area contributed by atoms with Crippen LogP contribution in [0, 0.1) is 0 Å². The van der Waals surface area contributed by atoms with E-state index in [1.54, 1.807) is 0 Å². The van der Waals surface area contributed by atoms with E-state index in [9.17, 15) is 4.79 Å². The smallest absolute Gasteiger partial charge is 0.228 e. The quantitative estimate of drug-likeness (QED) is 0.612. The van der Waals surface area contributed by atoms with E-state index >= 15 is 0 Å². The summed E-state index contributed by atoms with van der Waals surface area (Å²) in [6.45, 7) is 5.70. The number of thiophene rings is 1. The van der Waals surface area contributed by atoms with Crippen molar-refractivity contribution in [3.63, 3.8) is 0 Å². The molecule has 0 unspecified atom stereocenters. The minimum atomic E-state index is 0.117. The van der Waals surface area contributed by atoms with Gasteiger partial charge in [0.05, 0.1) is 6.42 Å². The predicted molar refractivity (Wildman–Crippen MR) is 122 cm³/mol. The molecule has 1 amide bonds. The van der Waals surface area contributed by atoms with E-state index in [1.807, 2.05) is 11.3 Å². The number of hydrogen-bond donors (Lipinski definition) is 1. The first-order valence-electron chi connectivity index (χ1n) is 10.6. The molecule has 5 heteroatoms. The molecule has 29 heavy (non-hydrogen) atoms. The lowest BCUT2D eigenvalue weighted by molar-refractivity contribution is -0.115. The first-order chi connectivity index (χ1) is 14.3. The van der Waals surface area contributed by atoms with Crippen molar-refractivity contribution in [3.8, 4) is 0 Å². The topological polar surface area (TPSA) is 35.6 Å². The van der Waals surface area contributed by atoms with Crippen LogP contribution in [-0.4, -0.2) is 43.5 Å². The van der Waals surface area contributed by atoms with Gasteiger partial charge in [-0.05, 0) is 66.6 Å². The van der Waals surface area contributed by atoms with Gasteiger partial charge in [0.15, 0.2) is 0 Å². The Morgan fingerprint density at radius 3 is 2.79 bits per heavy atom. The molecular weight excluding hydrogens is 378 g/mol. The second kappa shape index (κ2) is 8.17. The zero-order valence-corrected chi connectivity index (χ0v) is 17.5. The molecule has 0 saturated carbocycles. The van der Waals surface area contributed by atoms with Crippen molar-refractivity contribution >= 4 is 38.7 Å². The van der Waals surface area contributed by atoms with E-state index in [1.165, 1.54) is 40.7 Å². The molecule has 1 aromatic heterocycles. The number of carbonyl (C=O) groups excluding carboxylic acids is 1. The Morgan fingerprint density at radius 1 is 1.00 bits per heavy atom. The zero-order chi connectivity index (χ0) is 19.6.